The number of likely N-dealkylation sites (N-methyl/N-ethyl adjacent to an activating group) is 1. The molecule has 0 fully saturated rings. The molecule has 0 heterocycles. The van der Waals surface area contributed by atoms with Crippen molar-refractivity contribution >= 4 is 27.5 Å². The molecule has 33 heavy (non-hydrogen) atoms. The highest BCUT2D eigenvalue weighted by atomic mass is 32.2. The van der Waals surface area contributed by atoms with E-state index in [-0.39, 0.29) is 17.8 Å². The Morgan fingerprint density at radius 2 is 1.73 bits per heavy atom. The molecule has 0 bridgehead atoms. The highest BCUT2D eigenvalue weighted by molar-refractivity contribution is 7.92. The van der Waals surface area contributed by atoms with E-state index in [1.54, 1.807) is 38.1 Å². The number of ether oxygens (including phenoxy) is 1. The molecule has 0 unspecified atom stereocenters. The molecule has 1 atom stereocenters. The Morgan fingerprint density at radius 1 is 1.09 bits per heavy atom. The Bertz CT molecular complexity index is 1080. The lowest BCUT2D eigenvalue weighted by molar-refractivity contribution is -0.139. The van der Waals surface area contributed by atoms with Gasteiger partial charge in [0.2, 0.25) is 21.8 Å². The van der Waals surface area contributed by atoms with Gasteiger partial charge in [-0.15, -0.1) is 0 Å². The van der Waals surface area contributed by atoms with Crippen LogP contribution in [0.1, 0.15) is 26.3 Å². The Balaban J connectivity index is 2.44. The fourth-order valence-electron chi connectivity index (χ4n) is 3.25. The van der Waals surface area contributed by atoms with Gasteiger partial charge >= 0.3 is 0 Å². The van der Waals surface area contributed by atoms with Crippen LogP contribution in [0.3, 0.4) is 0 Å². The summed E-state index contributed by atoms with van der Waals surface area (Å²) in [5.74, 6) is -1.31. The van der Waals surface area contributed by atoms with Crippen LogP contribution in [-0.4, -0.2) is 57.1 Å². The molecule has 0 radical (unpaired) electrons. The smallest absolute Gasteiger partial charge is 0.244 e. The van der Waals surface area contributed by atoms with E-state index >= 15 is 0 Å². The van der Waals surface area contributed by atoms with Gasteiger partial charge < -0.3 is 15.0 Å². The summed E-state index contributed by atoms with van der Waals surface area (Å²) in [6, 6.07) is 11.4. The summed E-state index contributed by atoms with van der Waals surface area (Å²) in [6.45, 7) is 4.89. The van der Waals surface area contributed by atoms with Gasteiger partial charge in [-0.2, -0.15) is 0 Å². The summed E-state index contributed by atoms with van der Waals surface area (Å²) in [7, 11) is -3.89. The summed E-state index contributed by atoms with van der Waals surface area (Å²) >= 11 is 0. The summed E-state index contributed by atoms with van der Waals surface area (Å²) < 4.78 is 46.0. The first-order valence-corrected chi connectivity index (χ1v) is 12.4. The number of hydrogen-bond donors (Lipinski definition) is 1. The van der Waals surface area contributed by atoms with Crippen molar-refractivity contribution in [3.8, 4) is 5.75 Å². The number of hydrogen-bond acceptors (Lipinski definition) is 5. The van der Waals surface area contributed by atoms with Gasteiger partial charge in [0.05, 0.1) is 18.6 Å². The van der Waals surface area contributed by atoms with Gasteiger partial charge in [-0.05, 0) is 39.0 Å². The molecule has 8 nitrogen and oxygen atoms in total. The van der Waals surface area contributed by atoms with Crippen molar-refractivity contribution in [3.05, 3.63) is 59.9 Å². The Labute approximate surface area is 194 Å². The molecule has 0 aromatic heterocycles. The van der Waals surface area contributed by atoms with Gasteiger partial charge in [0.15, 0.2) is 0 Å². The van der Waals surface area contributed by atoms with E-state index in [1.807, 2.05) is 0 Å². The zero-order valence-electron chi connectivity index (χ0n) is 19.2. The average Bonchev–Trinajstić information content (AvgIpc) is 2.76. The number of amides is 2. The van der Waals surface area contributed by atoms with Gasteiger partial charge in [-0.3, -0.25) is 13.9 Å². The minimum absolute atomic E-state index is 0.200. The first kappa shape index (κ1) is 26.1. The second kappa shape index (κ2) is 11.6. The fourth-order valence-corrected chi connectivity index (χ4v) is 4.10. The molecule has 1 N–H and O–H groups in total. The maximum Gasteiger partial charge on any atom is 0.244 e. The van der Waals surface area contributed by atoms with Gasteiger partial charge in [-0.1, -0.05) is 30.3 Å². The number of halogens is 1. The Hall–Kier alpha value is -3.14. The molecule has 0 aliphatic carbocycles. The highest BCUT2D eigenvalue weighted by Crippen LogP contribution is 2.30. The maximum absolute atomic E-state index is 14.3. The molecule has 2 amide bonds. The largest absolute Gasteiger partial charge is 0.492 e. The van der Waals surface area contributed by atoms with Crippen molar-refractivity contribution in [2.75, 3.05) is 30.3 Å². The molecule has 2 rings (SSSR count). The minimum atomic E-state index is -3.89. The molecule has 0 saturated carbocycles. The summed E-state index contributed by atoms with van der Waals surface area (Å²) in [5, 5.41) is 2.64. The maximum atomic E-state index is 14.3. The third-order valence-electron chi connectivity index (χ3n) is 4.93. The third kappa shape index (κ3) is 6.92. The number of carbonyl (C=O) groups is 2. The molecule has 10 heteroatoms. The number of sulfonamides is 1. The summed E-state index contributed by atoms with van der Waals surface area (Å²) in [6.07, 6.45) is 0.984. The van der Waals surface area contributed by atoms with E-state index in [2.05, 4.69) is 5.32 Å². The van der Waals surface area contributed by atoms with Crippen LogP contribution in [0.25, 0.3) is 0 Å². The number of carbonyl (C=O) groups excluding carboxylic acids is 2. The van der Waals surface area contributed by atoms with Crippen LogP contribution in [0.4, 0.5) is 10.1 Å². The molecule has 0 aliphatic heterocycles. The van der Waals surface area contributed by atoms with E-state index in [0.717, 1.165) is 10.6 Å². The lowest BCUT2D eigenvalue weighted by Crippen LogP contribution is -2.51. The Morgan fingerprint density at radius 3 is 2.33 bits per heavy atom. The van der Waals surface area contributed by atoms with Gasteiger partial charge in [0, 0.05) is 18.7 Å². The zero-order valence-corrected chi connectivity index (χ0v) is 20.1. The van der Waals surface area contributed by atoms with E-state index in [1.165, 1.54) is 36.1 Å². The first-order chi connectivity index (χ1) is 15.6. The third-order valence-corrected chi connectivity index (χ3v) is 6.06. The molecular formula is C23H30FN3O5S. The predicted molar refractivity (Wildman–Crippen MR) is 125 cm³/mol. The van der Waals surface area contributed by atoms with Crippen molar-refractivity contribution in [3.63, 3.8) is 0 Å². The van der Waals surface area contributed by atoms with Crippen LogP contribution >= 0.6 is 0 Å². The second-order valence-electron chi connectivity index (χ2n) is 7.35. The molecule has 0 aliphatic rings. The van der Waals surface area contributed by atoms with E-state index in [4.69, 9.17) is 4.74 Å². The quantitative estimate of drug-likeness (QED) is 0.534. The van der Waals surface area contributed by atoms with Gasteiger partial charge in [0.1, 0.15) is 24.2 Å². The van der Waals surface area contributed by atoms with Crippen LogP contribution in [-0.2, 0) is 26.2 Å². The highest BCUT2D eigenvalue weighted by Gasteiger charge is 2.31. The van der Waals surface area contributed by atoms with E-state index in [0.29, 0.717) is 18.9 Å². The van der Waals surface area contributed by atoms with Gasteiger partial charge in [-0.25, -0.2) is 12.8 Å². The van der Waals surface area contributed by atoms with Crippen molar-refractivity contribution < 1.29 is 27.1 Å². The average molecular weight is 480 g/mol. The number of benzene rings is 2. The summed E-state index contributed by atoms with van der Waals surface area (Å²) in [4.78, 5) is 27.1. The number of rotatable bonds is 11. The molecule has 2 aromatic carbocycles. The van der Waals surface area contributed by atoms with Crippen molar-refractivity contribution in [2.24, 2.45) is 0 Å². The normalized spacial score (nSPS) is 12.0. The molecule has 0 saturated heterocycles. The van der Waals surface area contributed by atoms with Crippen LogP contribution < -0.4 is 14.4 Å². The zero-order chi connectivity index (χ0) is 24.6. The number of nitrogens with one attached hydrogen (secondary N) is 1. The molecule has 180 valence electrons. The van der Waals surface area contributed by atoms with E-state index in [9.17, 15) is 22.4 Å². The SMILES string of the molecule is CCNC(=O)[C@H](C)N(Cc1ccccc1F)C(=O)CN(c1ccccc1OCC)S(C)(=O)=O. The standard InChI is InChI=1S/C23H30FN3O5S/c1-5-25-23(29)17(3)26(15-18-11-7-8-12-19(18)24)22(28)16-27(33(4,30)31)20-13-9-10-14-21(20)32-6-2/h7-14,17H,5-6,15-16H2,1-4H3,(H,25,29)/t17-/m0/s1. The molecule has 2 aromatic rings. The van der Waals surface area contributed by atoms with Crippen molar-refractivity contribution in [1.82, 2.24) is 10.2 Å². The van der Waals surface area contributed by atoms with Crippen LogP contribution in [0.15, 0.2) is 48.5 Å². The Kier molecular flexibility index (Phi) is 9.22. The topological polar surface area (TPSA) is 96.0 Å². The molecule has 0 spiro atoms. The second-order valence-corrected chi connectivity index (χ2v) is 9.26. The lowest BCUT2D eigenvalue weighted by Gasteiger charge is -2.31. The fraction of sp³-hybridized carbons (Fsp3) is 0.391. The molecular weight excluding hydrogens is 449 g/mol. The van der Waals surface area contributed by atoms with Crippen molar-refractivity contribution in [2.45, 2.75) is 33.4 Å². The van der Waals surface area contributed by atoms with E-state index < -0.39 is 40.2 Å². The monoisotopic (exact) mass is 479 g/mol. The van der Waals surface area contributed by atoms with Crippen LogP contribution in [0, 0.1) is 5.82 Å². The lowest BCUT2D eigenvalue weighted by atomic mass is 10.1. The van der Waals surface area contributed by atoms with Crippen LogP contribution in [0.2, 0.25) is 0 Å². The van der Waals surface area contributed by atoms with Crippen LogP contribution in [0.5, 0.6) is 5.75 Å². The predicted octanol–water partition coefficient (Wildman–Crippen LogP) is 2.54. The number of anilines is 1. The summed E-state index contributed by atoms with van der Waals surface area (Å²) in [5.41, 5.74) is 0.411. The number of nitrogens with zero attached hydrogens (tertiary/aromatic N) is 2. The van der Waals surface area contributed by atoms with Gasteiger partial charge in [0.25, 0.3) is 0 Å². The number of para-hydroxylation sites is 2. The first-order valence-electron chi connectivity index (χ1n) is 10.6. The van der Waals surface area contributed by atoms with Crippen molar-refractivity contribution in [1.29, 1.82) is 0 Å². The minimum Gasteiger partial charge on any atom is -0.492 e.